The van der Waals surface area contributed by atoms with Crippen molar-refractivity contribution in [3.63, 3.8) is 0 Å². The Morgan fingerprint density at radius 1 is 0.892 bits per heavy atom. The molecule has 0 aliphatic carbocycles. The van der Waals surface area contributed by atoms with Crippen LogP contribution in [0.1, 0.15) is 31.1 Å². The van der Waals surface area contributed by atoms with Crippen molar-refractivity contribution < 1.29 is 46.2 Å². The number of benzene rings is 2. The van der Waals surface area contributed by atoms with Gasteiger partial charge >= 0.3 is 24.1 Å². The van der Waals surface area contributed by atoms with E-state index in [4.69, 9.17) is 9.47 Å². The minimum atomic E-state index is -4.97. The Kier molecular flexibility index (Phi) is 8.12. The molecule has 3 rings (SSSR count). The smallest absolute Gasteiger partial charge is 0.449 e. The average Bonchev–Trinajstić information content (AvgIpc) is 2.88. The number of halogens is 4. The van der Waals surface area contributed by atoms with Crippen LogP contribution < -0.4 is 4.74 Å². The SMILES string of the molecule is C=CCOC(=O)c1ccc(-c2ncc(C(=O)Oc3ccc(C(=O)OC(=C)C(F)(F)F)cc3F)cn2)cc1. The lowest BCUT2D eigenvalue weighted by molar-refractivity contribution is -0.122. The van der Waals surface area contributed by atoms with Crippen LogP contribution in [-0.2, 0) is 9.47 Å². The summed E-state index contributed by atoms with van der Waals surface area (Å²) < 4.78 is 65.5. The van der Waals surface area contributed by atoms with Crippen molar-refractivity contribution >= 4 is 17.9 Å². The van der Waals surface area contributed by atoms with E-state index in [0.29, 0.717) is 17.2 Å². The van der Waals surface area contributed by atoms with Crippen molar-refractivity contribution in [1.82, 2.24) is 9.97 Å². The number of carbonyl (C=O) groups excluding carboxylic acids is 3. The number of esters is 3. The molecule has 0 unspecified atom stereocenters. The van der Waals surface area contributed by atoms with Crippen LogP contribution in [-0.4, -0.2) is 40.7 Å². The van der Waals surface area contributed by atoms with Crippen LogP contribution in [0.25, 0.3) is 11.4 Å². The highest BCUT2D eigenvalue weighted by molar-refractivity contribution is 5.92. The summed E-state index contributed by atoms with van der Waals surface area (Å²) in [4.78, 5) is 44.0. The molecule has 0 aliphatic rings. The summed E-state index contributed by atoms with van der Waals surface area (Å²) in [6, 6.07) is 8.49. The summed E-state index contributed by atoms with van der Waals surface area (Å²) in [6.45, 7) is 6.11. The van der Waals surface area contributed by atoms with Crippen LogP contribution in [0.3, 0.4) is 0 Å². The molecule has 12 heteroatoms. The molecule has 0 amide bonds. The van der Waals surface area contributed by atoms with Gasteiger partial charge in [0.2, 0.25) is 5.76 Å². The fourth-order valence-corrected chi connectivity index (χ4v) is 2.65. The lowest BCUT2D eigenvalue weighted by Gasteiger charge is -2.11. The van der Waals surface area contributed by atoms with Crippen molar-refractivity contribution in [3.05, 3.63) is 102 Å². The molecule has 0 bridgehead atoms. The molecule has 0 aliphatic heterocycles. The fourth-order valence-electron chi connectivity index (χ4n) is 2.65. The predicted molar refractivity (Wildman–Crippen MR) is 120 cm³/mol. The van der Waals surface area contributed by atoms with E-state index in [-0.39, 0.29) is 18.0 Å². The van der Waals surface area contributed by atoms with Gasteiger partial charge < -0.3 is 14.2 Å². The Morgan fingerprint density at radius 3 is 2.08 bits per heavy atom. The zero-order chi connectivity index (χ0) is 27.2. The zero-order valence-corrected chi connectivity index (χ0v) is 18.8. The van der Waals surface area contributed by atoms with E-state index < -0.39 is 47.0 Å². The van der Waals surface area contributed by atoms with Crippen LogP contribution in [0.2, 0.25) is 0 Å². The van der Waals surface area contributed by atoms with Gasteiger partial charge in [0.25, 0.3) is 0 Å². The van der Waals surface area contributed by atoms with Gasteiger partial charge in [0.05, 0.1) is 16.7 Å². The van der Waals surface area contributed by atoms with Crippen LogP contribution in [0.4, 0.5) is 17.6 Å². The Balaban J connectivity index is 1.65. The third-order valence-electron chi connectivity index (χ3n) is 4.50. The van der Waals surface area contributed by atoms with Gasteiger partial charge in [-0.15, -0.1) is 0 Å². The molecule has 0 spiro atoms. The molecule has 0 atom stereocenters. The normalized spacial score (nSPS) is 10.8. The van der Waals surface area contributed by atoms with E-state index in [9.17, 15) is 31.9 Å². The summed E-state index contributed by atoms with van der Waals surface area (Å²) in [5.74, 6) is -6.41. The summed E-state index contributed by atoms with van der Waals surface area (Å²) >= 11 is 0. The minimum Gasteiger partial charge on any atom is -0.458 e. The first-order valence-corrected chi connectivity index (χ1v) is 10.2. The third kappa shape index (κ3) is 6.84. The maximum Gasteiger partial charge on any atom is 0.449 e. The largest absolute Gasteiger partial charge is 0.458 e. The lowest BCUT2D eigenvalue weighted by atomic mass is 10.1. The van der Waals surface area contributed by atoms with Crippen LogP contribution in [0, 0.1) is 5.82 Å². The molecule has 3 aromatic rings. The third-order valence-corrected chi connectivity index (χ3v) is 4.50. The fraction of sp³-hybridized carbons (Fsp3) is 0.0800. The van der Waals surface area contributed by atoms with Gasteiger partial charge in [-0.25, -0.2) is 28.7 Å². The van der Waals surface area contributed by atoms with Gasteiger partial charge in [-0.3, -0.25) is 0 Å². The number of allylic oxidation sites excluding steroid dienone is 1. The van der Waals surface area contributed by atoms with Crippen molar-refractivity contribution in [3.8, 4) is 17.1 Å². The number of hydrogen-bond acceptors (Lipinski definition) is 8. The van der Waals surface area contributed by atoms with Gasteiger partial charge in [0.1, 0.15) is 6.61 Å². The Bertz CT molecular complexity index is 1350. The van der Waals surface area contributed by atoms with Gasteiger partial charge in [0.15, 0.2) is 17.4 Å². The Morgan fingerprint density at radius 2 is 1.51 bits per heavy atom. The Hall–Kier alpha value is -4.87. The molecule has 0 saturated heterocycles. The maximum absolute atomic E-state index is 14.3. The molecule has 0 saturated carbocycles. The second-order valence-corrected chi connectivity index (χ2v) is 7.11. The van der Waals surface area contributed by atoms with Crippen LogP contribution >= 0.6 is 0 Å². The molecule has 190 valence electrons. The van der Waals surface area contributed by atoms with Gasteiger partial charge in [-0.1, -0.05) is 31.4 Å². The number of ether oxygens (including phenoxy) is 3. The molecule has 0 radical (unpaired) electrons. The van der Waals surface area contributed by atoms with E-state index >= 15 is 0 Å². The first kappa shape index (κ1) is 26.7. The first-order valence-electron chi connectivity index (χ1n) is 10.2. The lowest BCUT2D eigenvalue weighted by Crippen LogP contribution is -2.17. The van der Waals surface area contributed by atoms with Crippen molar-refractivity contribution in [1.29, 1.82) is 0 Å². The van der Waals surface area contributed by atoms with E-state index in [1.54, 1.807) is 12.1 Å². The number of nitrogens with zero attached hydrogens (tertiary/aromatic N) is 2. The number of carbonyl (C=O) groups is 3. The monoisotopic (exact) mass is 516 g/mol. The second kappa shape index (κ2) is 11.2. The van der Waals surface area contributed by atoms with E-state index in [1.807, 2.05) is 0 Å². The summed E-state index contributed by atoms with van der Waals surface area (Å²) in [7, 11) is 0. The van der Waals surface area contributed by atoms with E-state index in [0.717, 1.165) is 24.5 Å². The highest BCUT2D eigenvalue weighted by Crippen LogP contribution is 2.27. The second-order valence-electron chi connectivity index (χ2n) is 7.11. The minimum absolute atomic E-state index is 0.0694. The zero-order valence-electron chi connectivity index (χ0n) is 18.8. The van der Waals surface area contributed by atoms with Gasteiger partial charge in [-0.05, 0) is 30.3 Å². The summed E-state index contributed by atoms with van der Waals surface area (Å²) in [5, 5.41) is 0. The van der Waals surface area contributed by atoms with Gasteiger partial charge in [0, 0.05) is 18.0 Å². The number of alkyl halides is 3. The highest BCUT2D eigenvalue weighted by Gasteiger charge is 2.36. The van der Waals surface area contributed by atoms with Crippen LogP contribution in [0.5, 0.6) is 5.75 Å². The molecule has 37 heavy (non-hydrogen) atoms. The predicted octanol–water partition coefficient (Wildman–Crippen LogP) is 5.08. The Labute approximate surface area is 206 Å². The maximum atomic E-state index is 14.3. The summed E-state index contributed by atoms with van der Waals surface area (Å²) in [6.07, 6.45) is -1.27. The molecule has 0 fully saturated rings. The number of aromatic nitrogens is 2. The molecule has 0 N–H and O–H groups in total. The summed E-state index contributed by atoms with van der Waals surface area (Å²) in [5.41, 5.74) is 0.132. The molecular weight excluding hydrogens is 500 g/mol. The van der Waals surface area contributed by atoms with Gasteiger partial charge in [-0.2, -0.15) is 13.2 Å². The van der Waals surface area contributed by atoms with Crippen molar-refractivity contribution in [2.75, 3.05) is 6.61 Å². The van der Waals surface area contributed by atoms with E-state index in [1.165, 1.54) is 18.2 Å². The first-order chi connectivity index (χ1) is 17.5. The quantitative estimate of drug-likeness (QED) is 0.134. The molecule has 1 aromatic heterocycles. The standard InChI is InChI=1S/C25H16F4N2O6/c1-3-10-35-22(32)16-6-4-15(5-7-16)21-30-12-18(13-31-21)24(34)37-20-9-8-17(11-19(20)26)23(33)36-14(2)25(27,28)29/h3-9,11-13H,1-2,10H2. The number of hydrogen-bond donors (Lipinski definition) is 0. The molecule has 2 aromatic carbocycles. The van der Waals surface area contributed by atoms with Crippen molar-refractivity contribution in [2.45, 2.75) is 6.18 Å². The van der Waals surface area contributed by atoms with E-state index in [2.05, 4.69) is 27.9 Å². The van der Waals surface area contributed by atoms with Crippen LogP contribution in [0.15, 0.2) is 79.9 Å². The topological polar surface area (TPSA) is 105 Å². The molecular formula is C25H16F4N2O6. The number of rotatable bonds is 8. The molecule has 1 heterocycles. The molecule has 8 nitrogen and oxygen atoms in total. The van der Waals surface area contributed by atoms with Crippen molar-refractivity contribution in [2.24, 2.45) is 0 Å². The average molecular weight is 516 g/mol. The highest BCUT2D eigenvalue weighted by atomic mass is 19.4.